The minimum Gasteiger partial charge on any atom is -0.366 e. The van der Waals surface area contributed by atoms with E-state index in [1.807, 2.05) is 0 Å². The van der Waals surface area contributed by atoms with Crippen LogP contribution >= 0.6 is 0 Å². The third kappa shape index (κ3) is 5.56. The minimum atomic E-state index is 0.761. The molecule has 0 aromatic heterocycles. The Bertz CT molecular complexity index is 102. The summed E-state index contributed by atoms with van der Waals surface area (Å²) in [6, 6.07) is 0.778. The second-order valence-electron chi connectivity index (χ2n) is 3.59. The van der Waals surface area contributed by atoms with Gasteiger partial charge in [0.15, 0.2) is 0 Å². The van der Waals surface area contributed by atoms with Crippen molar-refractivity contribution in [3.05, 3.63) is 0 Å². The number of hydrogen-bond donors (Lipinski definition) is 1. The van der Waals surface area contributed by atoms with Gasteiger partial charge in [0.05, 0.1) is 6.73 Å². The van der Waals surface area contributed by atoms with Gasteiger partial charge < -0.3 is 4.74 Å². The number of rotatable bonds is 8. The molecule has 0 aliphatic heterocycles. The normalized spacial score (nSPS) is 16.8. The van der Waals surface area contributed by atoms with Crippen LogP contribution in [0.3, 0.4) is 0 Å². The maximum Gasteiger partial charge on any atom is 0.0967 e. The van der Waals surface area contributed by atoms with Crippen molar-refractivity contribution >= 4 is 0 Å². The van der Waals surface area contributed by atoms with Gasteiger partial charge in [0.2, 0.25) is 0 Å². The van der Waals surface area contributed by atoms with Crippen LogP contribution in [0.2, 0.25) is 0 Å². The fourth-order valence-electron chi connectivity index (χ4n) is 1.17. The van der Waals surface area contributed by atoms with Gasteiger partial charge in [-0.05, 0) is 19.3 Å². The molecular formula is C10H21NO. The highest BCUT2D eigenvalue weighted by Gasteiger charge is 2.19. The van der Waals surface area contributed by atoms with Crippen molar-refractivity contribution in [2.24, 2.45) is 0 Å². The standard InChI is InChI=1S/C10H21NO/c1-2-3-4-5-8-12-9-11-10-6-7-10/h10-11H,2-9H2,1H3. The maximum absolute atomic E-state index is 5.42. The maximum atomic E-state index is 5.42. The van der Waals surface area contributed by atoms with E-state index < -0.39 is 0 Å². The third-order valence-electron chi connectivity index (χ3n) is 2.19. The van der Waals surface area contributed by atoms with Crippen LogP contribution < -0.4 is 5.32 Å². The molecular weight excluding hydrogens is 150 g/mol. The van der Waals surface area contributed by atoms with Crippen molar-refractivity contribution in [3.63, 3.8) is 0 Å². The van der Waals surface area contributed by atoms with E-state index in [-0.39, 0.29) is 0 Å². The summed E-state index contributed by atoms with van der Waals surface area (Å²) in [5.74, 6) is 0. The lowest BCUT2D eigenvalue weighted by Gasteiger charge is -2.04. The van der Waals surface area contributed by atoms with Gasteiger partial charge in [-0.3, -0.25) is 5.32 Å². The molecule has 2 nitrogen and oxygen atoms in total. The lowest BCUT2D eigenvalue weighted by molar-refractivity contribution is 0.112. The monoisotopic (exact) mass is 171 g/mol. The van der Waals surface area contributed by atoms with Gasteiger partial charge in [0.1, 0.15) is 0 Å². The van der Waals surface area contributed by atoms with Crippen molar-refractivity contribution in [2.45, 2.75) is 51.5 Å². The molecule has 0 radical (unpaired) electrons. The third-order valence-corrected chi connectivity index (χ3v) is 2.19. The zero-order valence-electron chi connectivity index (χ0n) is 8.14. The lowest BCUT2D eigenvalue weighted by Crippen LogP contribution is -2.20. The number of hydrogen-bond acceptors (Lipinski definition) is 2. The van der Waals surface area contributed by atoms with E-state index >= 15 is 0 Å². The molecule has 12 heavy (non-hydrogen) atoms. The summed E-state index contributed by atoms with van der Waals surface area (Å²) in [6.45, 7) is 3.92. The van der Waals surface area contributed by atoms with Crippen LogP contribution in [0, 0.1) is 0 Å². The van der Waals surface area contributed by atoms with E-state index in [1.54, 1.807) is 0 Å². The Kier molecular flexibility index (Phi) is 5.37. The van der Waals surface area contributed by atoms with E-state index in [2.05, 4.69) is 12.2 Å². The molecule has 0 saturated heterocycles. The Balaban J connectivity index is 1.65. The number of unbranched alkanes of at least 4 members (excludes halogenated alkanes) is 3. The molecule has 0 unspecified atom stereocenters. The van der Waals surface area contributed by atoms with E-state index in [1.165, 1.54) is 38.5 Å². The van der Waals surface area contributed by atoms with E-state index in [0.29, 0.717) is 0 Å². The van der Waals surface area contributed by atoms with Crippen molar-refractivity contribution in [1.82, 2.24) is 5.32 Å². The summed E-state index contributed by atoms with van der Waals surface area (Å²) >= 11 is 0. The summed E-state index contributed by atoms with van der Waals surface area (Å²) in [6.07, 6.45) is 7.89. The first-order valence-electron chi connectivity index (χ1n) is 5.24. The molecule has 0 aromatic carbocycles. The average molecular weight is 171 g/mol. The largest absolute Gasteiger partial charge is 0.366 e. The average Bonchev–Trinajstić information content (AvgIpc) is 2.87. The first-order valence-corrected chi connectivity index (χ1v) is 5.24. The summed E-state index contributed by atoms with van der Waals surface area (Å²) in [7, 11) is 0. The predicted octanol–water partition coefficient (Wildman–Crippen LogP) is 2.29. The molecule has 0 aromatic rings. The van der Waals surface area contributed by atoms with Crippen molar-refractivity contribution in [1.29, 1.82) is 0 Å². The molecule has 0 spiro atoms. The van der Waals surface area contributed by atoms with Crippen LogP contribution in [0.4, 0.5) is 0 Å². The Morgan fingerprint density at radius 2 is 2.08 bits per heavy atom. The second kappa shape index (κ2) is 6.44. The quantitative estimate of drug-likeness (QED) is 0.447. The Morgan fingerprint density at radius 1 is 1.25 bits per heavy atom. The van der Waals surface area contributed by atoms with Crippen LogP contribution in [-0.4, -0.2) is 19.4 Å². The molecule has 1 saturated carbocycles. The fourth-order valence-corrected chi connectivity index (χ4v) is 1.17. The number of nitrogens with one attached hydrogen (secondary N) is 1. The Labute approximate surface area is 75.7 Å². The first-order chi connectivity index (χ1) is 5.93. The van der Waals surface area contributed by atoms with Crippen molar-refractivity contribution in [2.75, 3.05) is 13.3 Å². The molecule has 0 atom stereocenters. The molecule has 72 valence electrons. The summed E-state index contributed by atoms with van der Waals surface area (Å²) in [5.41, 5.74) is 0. The zero-order chi connectivity index (χ0) is 8.65. The van der Waals surface area contributed by atoms with Crippen LogP contribution in [0.15, 0.2) is 0 Å². The van der Waals surface area contributed by atoms with Gasteiger partial charge in [-0.2, -0.15) is 0 Å². The van der Waals surface area contributed by atoms with Crippen LogP contribution in [0.25, 0.3) is 0 Å². The molecule has 1 fully saturated rings. The highest BCUT2D eigenvalue weighted by atomic mass is 16.5. The first kappa shape index (κ1) is 10.0. The molecule has 1 aliphatic rings. The zero-order valence-corrected chi connectivity index (χ0v) is 8.14. The van der Waals surface area contributed by atoms with Crippen LogP contribution in [0.5, 0.6) is 0 Å². The highest BCUT2D eigenvalue weighted by Crippen LogP contribution is 2.17. The highest BCUT2D eigenvalue weighted by molar-refractivity contribution is 4.79. The molecule has 0 heterocycles. The van der Waals surface area contributed by atoms with Crippen LogP contribution in [-0.2, 0) is 4.74 Å². The Hall–Kier alpha value is -0.0800. The van der Waals surface area contributed by atoms with E-state index in [9.17, 15) is 0 Å². The molecule has 0 amide bonds. The van der Waals surface area contributed by atoms with Crippen molar-refractivity contribution in [3.8, 4) is 0 Å². The minimum absolute atomic E-state index is 0.761. The molecule has 2 heteroatoms. The smallest absolute Gasteiger partial charge is 0.0967 e. The van der Waals surface area contributed by atoms with Crippen molar-refractivity contribution < 1.29 is 4.74 Å². The van der Waals surface area contributed by atoms with Gasteiger partial charge in [0.25, 0.3) is 0 Å². The van der Waals surface area contributed by atoms with E-state index in [4.69, 9.17) is 4.74 Å². The number of ether oxygens (including phenoxy) is 1. The summed E-state index contributed by atoms with van der Waals surface area (Å²) in [5, 5.41) is 3.33. The van der Waals surface area contributed by atoms with Crippen LogP contribution in [0.1, 0.15) is 45.4 Å². The van der Waals surface area contributed by atoms with E-state index in [0.717, 1.165) is 19.4 Å². The summed E-state index contributed by atoms with van der Waals surface area (Å²) < 4.78 is 5.42. The molecule has 1 rings (SSSR count). The lowest BCUT2D eigenvalue weighted by atomic mass is 10.2. The van der Waals surface area contributed by atoms with Gasteiger partial charge >= 0.3 is 0 Å². The summed E-state index contributed by atoms with van der Waals surface area (Å²) in [4.78, 5) is 0. The molecule has 0 bridgehead atoms. The van der Waals surface area contributed by atoms with Gasteiger partial charge in [-0.15, -0.1) is 0 Å². The fraction of sp³-hybridized carbons (Fsp3) is 1.00. The SMILES string of the molecule is CCCCCCOCNC1CC1. The molecule has 1 N–H and O–H groups in total. The molecule has 1 aliphatic carbocycles. The van der Waals surface area contributed by atoms with Gasteiger partial charge in [0, 0.05) is 12.6 Å². The Morgan fingerprint density at radius 3 is 2.75 bits per heavy atom. The van der Waals surface area contributed by atoms with Gasteiger partial charge in [-0.25, -0.2) is 0 Å². The predicted molar refractivity (Wildman–Crippen MR) is 51.1 cm³/mol. The topological polar surface area (TPSA) is 21.3 Å². The second-order valence-corrected chi connectivity index (χ2v) is 3.59. The van der Waals surface area contributed by atoms with Gasteiger partial charge in [-0.1, -0.05) is 26.2 Å².